The van der Waals surface area contributed by atoms with E-state index in [0.717, 1.165) is 19.5 Å². The van der Waals surface area contributed by atoms with Crippen molar-refractivity contribution in [3.63, 3.8) is 0 Å². The Morgan fingerprint density at radius 3 is 2.72 bits per heavy atom. The lowest BCUT2D eigenvalue weighted by Crippen LogP contribution is -2.47. The topological polar surface area (TPSA) is 40.5 Å². The molecule has 1 unspecified atom stereocenters. The number of benzene rings is 1. The molecular weight excluding hydrogens is 226 g/mol. The van der Waals surface area contributed by atoms with E-state index in [-0.39, 0.29) is 6.04 Å². The lowest BCUT2D eigenvalue weighted by molar-refractivity contribution is -0.144. The summed E-state index contributed by atoms with van der Waals surface area (Å²) in [4.78, 5) is 13.5. The molecule has 0 spiro atoms. The molecule has 0 aliphatic carbocycles. The highest BCUT2D eigenvalue weighted by molar-refractivity contribution is 5.74. The summed E-state index contributed by atoms with van der Waals surface area (Å²) in [6, 6.07) is 7.81. The van der Waals surface area contributed by atoms with Crippen LogP contribution in [0.15, 0.2) is 24.3 Å². The van der Waals surface area contributed by atoms with Crippen LogP contribution in [-0.4, -0.2) is 28.6 Å². The van der Waals surface area contributed by atoms with Crippen LogP contribution in [0.3, 0.4) is 0 Å². The molecule has 1 aliphatic heterocycles. The second kappa shape index (κ2) is 5.53. The summed E-state index contributed by atoms with van der Waals surface area (Å²) in [5.41, 5.74) is 2.46. The molecule has 0 radical (unpaired) electrons. The highest BCUT2D eigenvalue weighted by atomic mass is 16.4. The van der Waals surface area contributed by atoms with Gasteiger partial charge >= 0.3 is 5.97 Å². The molecule has 0 saturated carbocycles. The Labute approximate surface area is 108 Å². The van der Waals surface area contributed by atoms with Crippen LogP contribution in [0.5, 0.6) is 0 Å². The summed E-state index contributed by atoms with van der Waals surface area (Å²) in [5, 5.41) is 9.38. The molecule has 3 heteroatoms. The van der Waals surface area contributed by atoms with Crippen LogP contribution in [0.25, 0.3) is 0 Å². The summed E-state index contributed by atoms with van der Waals surface area (Å²) in [7, 11) is 0. The van der Waals surface area contributed by atoms with E-state index in [1.165, 1.54) is 11.1 Å². The van der Waals surface area contributed by atoms with E-state index in [4.69, 9.17) is 0 Å². The highest BCUT2D eigenvalue weighted by Gasteiger charge is 2.31. The summed E-state index contributed by atoms with van der Waals surface area (Å²) < 4.78 is 0. The van der Waals surface area contributed by atoms with Gasteiger partial charge in [0.15, 0.2) is 0 Å². The van der Waals surface area contributed by atoms with Gasteiger partial charge in [0.2, 0.25) is 0 Å². The first kappa shape index (κ1) is 13.1. The molecule has 1 aromatic carbocycles. The molecule has 2 atom stereocenters. The van der Waals surface area contributed by atoms with Gasteiger partial charge in [-0.3, -0.25) is 9.69 Å². The lowest BCUT2D eigenvalue weighted by Gasteiger charge is -2.35. The molecule has 0 bridgehead atoms. The van der Waals surface area contributed by atoms with Crippen LogP contribution in [0.4, 0.5) is 0 Å². The number of hydrogen-bond acceptors (Lipinski definition) is 2. The molecule has 0 saturated heterocycles. The average molecular weight is 247 g/mol. The fourth-order valence-electron chi connectivity index (χ4n) is 2.54. The van der Waals surface area contributed by atoms with E-state index < -0.39 is 5.97 Å². The van der Waals surface area contributed by atoms with Crippen molar-refractivity contribution in [3.8, 4) is 0 Å². The van der Waals surface area contributed by atoms with Crippen LogP contribution in [-0.2, 0) is 17.8 Å². The predicted molar refractivity (Wildman–Crippen MR) is 71.4 cm³/mol. The van der Waals surface area contributed by atoms with Crippen molar-refractivity contribution in [1.82, 2.24) is 4.90 Å². The normalized spacial score (nSPS) is 21.3. The van der Waals surface area contributed by atoms with E-state index in [2.05, 4.69) is 24.8 Å². The van der Waals surface area contributed by atoms with Gasteiger partial charge in [-0.05, 0) is 23.5 Å². The van der Waals surface area contributed by atoms with Crippen molar-refractivity contribution in [2.45, 2.75) is 39.3 Å². The number of rotatable bonds is 4. The van der Waals surface area contributed by atoms with Crippen LogP contribution in [0.2, 0.25) is 0 Å². The van der Waals surface area contributed by atoms with Crippen molar-refractivity contribution in [2.75, 3.05) is 6.54 Å². The maximum absolute atomic E-state index is 11.4. The minimum atomic E-state index is -0.701. The van der Waals surface area contributed by atoms with Crippen LogP contribution in [0, 0.1) is 5.92 Å². The van der Waals surface area contributed by atoms with E-state index in [1.54, 1.807) is 0 Å². The Hall–Kier alpha value is -1.35. The lowest BCUT2D eigenvalue weighted by atomic mass is 9.93. The fourth-order valence-corrected chi connectivity index (χ4v) is 2.54. The Kier molecular flexibility index (Phi) is 4.02. The molecule has 18 heavy (non-hydrogen) atoms. The summed E-state index contributed by atoms with van der Waals surface area (Å²) in [5.74, 6) is -0.162. The van der Waals surface area contributed by atoms with Gasteiger partial charge in [-0.2, -0.15) is 0 Å². The van der Waals surface area contributed by atoms with Gasteiger partial charge in [0, 0.05) is 13.1 Å². The SMILES string of the molecule is CCC(C)CN1Cc2ccccc2C[C@H]1C(=O)O. The molecule has 1 N–H and O–H groups in total. The third-order valence-electron chi connectivity index (χ3n) is 3.87. The van der Waals surface area contributed by atoms with Gasteiger partial charge in [-0.25, -0.2) is 0 Å². The van der Waals surface area contributed by atoms with Gasteiger partial charge in [-0.15, -0.1) is 0 Å². The third kappa shape index (κ3) is 2.72. The first-order chi connectivity index (χ1) is 8.61. The molecule has 98 valence electrons. The minimum absolute atomic E-state index is 0.367. The molecule has 0 fully saturated rings. The second-order valence-corrected chi connectivity index (χ2v) is 5.27. The Morgan fingerprint density at radius 2 is 2.11 bits per heavy atom. The number of carboxylic acid groups (broad SMARTS) is 1. The van der Waals surface area contributed by atoms with Crippen molar-refractivity contribution in [1.29, 1.82) is 0 Å². The Morgan fingerprint density at radius 1 is 1.44 bits per heavy atom. The molecule has 1 heterocycles. The molecule has 3 nitrogen and oxygen atoms in total. The zero-order valence-corrected chi connectivity index (χ0v) is 11.1. The zero-order valence-electron chi connectivity index (χ0n) is 11.1. The van der Waals surface area contributed by atoms with Gasteiger partial charge in [0.05, 0.1) is 0 Å². The molecule has 0 amide bonds. The van der Waals surface area contributed by atoms with Gasteiger partial charge in [0.1, 0.15) is 6.04 Å². The highest BCUT2D eigenvalue weighted by Crippen LogP contribution is 2.24. The zero-order chi connectivity index (χ0) is 13.1. The monoisotopic (exact) mass is 247 g/mol. The van der Waals surface area contributed by atoms with Gasteiger partial charge < -0.3 is 5.11 Å². The van der Waals surface area contributed by atoms with Crippen molar-refractivity contribution in [3.05, 3.63) is 35.4 Å². The molecular formula is C15H21NO2. The standard InChI is InChI=1S/C15H21NO2/c1-3-11(2)9-16-10-13-7-5-4-6-12(13)8-14(16)15(17)18/h4-7,11,14H,3,8-10H2,1-2H3,(H,17,18)/t11?,14-/m0/s1. The van der Waals surface area contributed by atoms with Crippen molar-refractivity contribution >= 4 is 5.97 Å². The molecule has 2 rings (SSSR count). The van der Waals surface area contributed by atoms with E-state index in [9.17, 15) is 9.90 Å². The molecule has 0 aromatic heterocycles. The largest absolute Gasteiger partial charge is 0.480 e. The number of fused-ring (bicyclic) bond motifs is 1. The second-order valence-electron chi connectivity index (χ2n) is 5.27. The Balaban J connectivity index is 2.20. The number of nitrogens with zero attached hydrogens (tertiary/aromatic N) is 1. The van der Waals surface area contributed by atoms with Gasteiger partial charge in [0.25, 0.3) is 0 Å². The van der Waals surface area contributed by atoms with Crippen molar-refractivity contribution < 1.29 is 9.90 Å². The molecule has 1 aliphatic rings. The summed E-state index contributed by atoms with van der Waals surface area (Å²) in [6.07, 6.45) is 1.71. The number of carboxylic acids is 1. The number of hydrogen-bond donors (Lipinski definition) is 1. The number of carbonyl (C=O) groups is 1. The van der Waals surface area contributed by atoms with Crippen LogP contribution < -0.4 is 0 Å². The quantitative estimate of drug-likeness (QED) is 0.889. The van der Waals surface area contributed by atoms with E-state index in [1.807, 2.05) is 18.2 Å². The molecule has 1 aromatic rings. The third-order valence-corrected chi connectivity index (χ3v) is 3.87. The van der Waals surface area contributed by atoms with Gasteiger partial charge in [-0.1, -0.05) is 44.5 Å². The fraction of sp³-hybridized carbons (Fsp3) is 0.533. The predicted octanol–water partition coefficient (Wildman–Crippen LogP) is 2.54. The first-order valence-electron chi connectivity index (χ1n) is 6.65. The maximum Gasteiger partial charge on any atom is 0.321 e. The summed E-state index contributed by atoms with van der Waals surface area (Å²) in [6.45, 7) is 5.96. The van der Waals surface area contributed by atoms with Crippen LogP contribution in [0.1, 0.15) is 31.4 Å². The average Bonchev–Trinajstić information content (AvgIpc) is 2.37. The summed E-state index contributed by atoms with van der Waals surface area (Å²) >= 11 is 0. The first-order valence-corrected chi connectivity index (χ1v) is 6.65. The smallest absolute Gasteiger partial charge is 0.321 e. The van der Waals surface area contributed by atoms with E-state index >= 15 is 0 Å². The van der Waals surface area contributed by atoms with E-state index in [0.29, 0.717) is 12.3 Å². The minimum Gasteiger partial charge on any atom is -0.480 e. The van der Waals surface area contributed by atoms with Crippen molar-refractivity contribution in [2.24, 2.45) is 5.92 Å². The Bertz CT molecular complexity index is 430. The number of aliphatic carboxylic acids is 1. The van der Waals surface area contributed by atoms with Crippen LogP contribution >= 0.6 is 0 Å². The maximum atomic E-state index is 11.4.